The van der Waals surface area contributed by atoms with E-state index in [1.54, 1.807) is 6.08 Å². The first-order chi connectivity index (χ1) is 6.54. The van der Waals surface area contributed by atoms with Gasteiger partial charge >= 0.3 is 58.4 Å². The van der Waals surface area contributed by atoms with Crippen LogP contribution in [0.25, 0.3) is 0 Å². The fraction of sp³-hybridized carbons (Fsp3) is 0.200. The van der Waals surface area contributed by atoms with Crippen LogP contribution in [0, 0.1) is 0 Å². The molecular weight excluding hydrogens is 227 g/mol. The van der Waals surface area contributed by atoms with Crippen LogP contribution in [0.3, 0.4) is 0 Å². The van der Waals surface area contributed by atoms with Gasteiger partial charge in [0, 0.05) is 0 Å². The number of halogens is 3. The van der Waals surface area contributed by atoms with E-state index in [2.05, 4.69) is 6.58 Å². The van der Waals surface area contributed by atoms with E-state index in [1.807, 2.05) is 0 Å². The number of hydrogen-bond acceptors (Lipinski definition) is 0. The van der Waals surface area contributed by atoms with E-state index in [0.717, 1.165) is 30.5 Å². The third kappa shape index (κ3) is 5.36. The fourth-order valence-corrected chi connectivity index (χ4v) is 1.17. The van der Waals surface area contributed by atoms with Gasteiger partial charge in [-0.05, 0) is 18.4 Å². The predicted octanol–water partition coefficient (Wildman–Crippen LogP) is -0.136. The molecule has 0 amide bonds. The Morgan fingerprint density at radius 2 is 1.67 bits per heavy atom. The molecule has 0 nitrogen and oxygen atoms in total. The SMILES string of the molecule is C=CCCc1ccc([B-](F)(F)F)cc1.[K+]. The van der Waals surface area contributed by atoms with E-state index < -0.39 is 12.4 Å². The van der Waals surface area contributed by atoms with Crippen molar-refractivity contribution in [3.05, 3.63) is 42.5 Å². The topological polar surface area (TPSA) is 0 Å². The molecule has 1 rings (SSSR count). The summed E-state index contributed by atoms with van der Waals surface area (Å²) in [6.07, 6.45) is 3.28. The second-order valence-electron chi connectivity index (χ2n) is 3.14. The van der Waals surface area contributed by atoms with Crippen molar-refractivity contribution in [2.75, 3.05) is 0 Å². The van der Waals surface area contributed by atoms with E-state index in [9.17, 15) is 12.9 Å². The maximum Gasteiger partial charge on any atom is 1.00 e. The van der Waals surface area contributed by atoms with Crippen molar-refractivity contribution in [3.8, 4) is 0 Å². The minimum atomic E-state index is -4.85. The van der Waals surface area contributed by atoms with Gasteiger partial charge in [0.25, 0.3) is 0 Å². The summed E-state index contributed by atoms with van der Waals surface area (Å²) in [5.74, 6) is 0. The molecule has 0 aliphatic rings. The molecule has 0 aliphatic heterocycles. The third-order valence-corrected chi connectivity index (χ3v) is 1.99. The largest absolute Gasteiger partial charge is 1.00 e. The number of hydrogen-bond donors (Lipinski definition) is 0. The number of aryl methyl sites for hydroxylation is 1. The molecule has 0 aromatic heterocycles. The Hall–Kier alpha value is 0.451. The van der Waals surface area contributed by atoms with Crippen molar-refractivity contribution in [2.45, 2.75) is 12.8 Å². The van der Waals surface area contributed by atoms with Crippen molar-refractivity contribution >= 4 is 12.4 Å². The summed E-state index contributed by atoms with van der Waals surface area (Å²) in [4.78, 5) is 0. The number of allylic oxidation sites excluding steroid dienone is 1. The Bertz CT molecular complexity index is 305. The molecule has 0 N–H and O–H groups in total. The van der Waals surface area contributed by atoms with Crippen LogP contribution < -0.4 is 56.8 Å². The van der Waals surface area contributed by atoms with Gasteiger partial charge in [-0.1, -0.05) is 30.3 Å². The van der Waals surface area contributed by atoms with Crippen LogP contribution in [0.1, 0.15) is 12.0 Å². The Kier molecular flexibility index (Phi) is 7.12. The summed E-state index contributed by atoms with van der Waals surface area (Å²) in [6.45, 7) is -1.30. The van der Waals surface area contributed by atoms with Crippen molar-refractivity contribution < 1.29 is 64.3 Å². The minimum absolute atomic E-state index is 0. The Labute approximate surface area is 130 Å². The molecule has 0 saturated carbocycles. The van der Waals surface area contributed by atoms with Crippen LogP contribution in [-0.2, 0) is 6.42 Å². The smallest absolute Gasteiger partial charge is 0.445 e. The van der Waals surface area contributed by atoms with Crippen LogP contribution in [0.4, 0.5) is 12.9 Å². The maximum atomic E-state index is 12.2. The van der Waals surface area contributed by atoms with Gasteiger partial charge in [0.1, 0.15) is 0 Å². The molecule has 0 fully saturated rings. The van der Waals surface area contributed by atoms with Gasteiger partial charge in [0.2, 0.25) is 0 Å². The van der Waals surface area contributed by atoms with E-state index in [-0.39, 0.29) is 51.4 Å². The van der Waals surface area contributed by atoms with Crippen LogP contribution >= 0.6 is 0 Å². The second kappa shape index (κ2) is 6.91. The van der Waals surface area contributed by atoms with Crippen molar-refractivity contribution in [1.29, 1.82) is 0 Å². The first kappa shape index (κ1) is 15.5. The summed E-state index contributed by atoms with van der Waals surface area (Å²) < 4.78 is 36.7. The molecule has 0 spiro atoms. The standard InChI is InChI=1S/C10H11BF3.K/c1-2-3-4-9-5-7-10(8-6-9)11(12,13)14;/h2,5-8H,1,3-4H2;/q-1;+1. The first-order valence-electron chi connectivity index (χ1n) is 4.43. The van der Waals surface area contributed by atoms with Gasteiger partial charge in [-0.15, -0.1) is 12.0 Å². The number of benzene rings is 1. The van der Waals surface area contributed by atoms with Gasteiger partial charge in [0.15, 0.2) is 0 Å². The molecule has 0 unspecified atom stereocenters. The van der Waals surface area contributed by atoms with Gasteiger partial charge < -0.3 is 12.9 Å². The summed E-state index contributed by atoms with van der Waals surface area (Å²) in [6, 6.07) is 5.32. The fourth-order valence-electron chi connectivity index (χ4n) is 1.17. The molecule has 15 heavy (non-hydrogen) atoms. The summed E-state index contributed by atoms with van der Waals surface area (Å²) in [5, 5.41) is 0. The van der Waals surface area contributed by atoms with E-state index >= 15 is 0 Å². The summed E-state index contributed by atoms with van der Waals surface area (Å²) >= 11 is 0. The molecule has 1 aromatic carbocycles. The zero-order valence-corrected chi connectivity index (χ0v) is 11.8. The molecule has 0 heterocycles. The Morgan fingerprint density at radius 3 is 2.07 bits per heavy atom. The molecule has 0 bridgehead atoms. The Balaban J connectivity index is 0.00000196. The van der Waals surface area contributed by atoms with Gasteiger partial charge in [-0.3, -0.25) is 0 Å². The summed E-state index contributed by atoms with van der Waals surface area (Å²) in [5.41, 5.74) is 0.376. The van der Waals surface area contributed by atoms with Crippen LogP contribution in [-0.4, -0.2) is 6.98 Å². The molecule has 0 saturated heterocycles. The van der Waals surface area contributed by atoms with Crippen LogP contribution in [0.2, 0.25) is 0 Å². The van der Waals surface area contributed by atoms with Crippen molar-refractivity contribution in [2.24, 2.45) is 0 Å². The molecular formula is C10H11BF3K. The summed E-state index contributed by atoms with van der Waals surface area (Å²) in [7, 11) is 0. The molecule has 5 heteroatoms. The zero-order chi connectivity index (χ0) is 10.6. The van der Waals surface area contributed by atoms with E-state index in [4.69, 9.17) is 0 Å². The van der Waals surface area contributed by atoms with Crippen molar-refractivity contribution in [3.63, 3.8) is 0 Å². The molecule has 1 aromatic rings. The molecule has 0 aliphatic carbocycles. The molecule has 0 radical (unpaired) electrons. The minimum Gasteiger partial charge on any atom is -0.445 e. The average Bonchev–Trinajstić information content (AvgIpc) is 2.14. The number of rotatable bonds is 4. The molecule has 0 atom stereocenters. The quantitative estimate of drug-likeness (QED) is 0.506. The van der Waals surface area contributed by atoms with Crippen LogP contribution in [0.15, 0.2) is 36.9 Å². The molecule has 76 valence electrons. The van der Waals surface area contributed by atoms with Gasteiger partial charge in [-0.2, -0.15) is 0 Å². The zero-order valence-electron chi connectivity index (χ0n) is 8.72. The van der Waals surface area contributed by atoms with Crippen molar-refractivity contribution in [1.82, 2.24) is 0 Å². The monoisotopic (exact) mass is 238 g/mol. The van der Waals surface area contributed by atoms with Gasteiger partial charge in [-0.25, -0.2) is 0 Å². The van der Waals surface area contributed by atoms with E-state index in [1.165, 1.54) is 12.1 Å². The van der Waals surface area contributed by atoms with Gasteiger partial charge in [0.05, 0.1) is 0 Å². The maximum absolute atomic E-state index is 12.2. The van der Waals surface area contributed by atoms with E-state index in [0.29, 0.717) is 0 Å². The first-order valence-corrected chi connectivity index (χ1v) is 4.43. The Morgan fingerprint density at radius 1 is 1.13 bits per heavy atom. The normalized spacial score (nSPS) is 10.6. The predicted molar refractivity (Wildman–Crippen MR) is 53.7 cm³/mol. The average molecular weight is 238 g/mol. The van der Waals surface area contributed by atoms with Crippen LogP contribution in [0.5, 0.6) is 0 Å². The second-order valence-corrected chi connectivity index (χ2v) is 3.14. The third-order valence-electron chi connectivity index (χ3n) is 1.99.